The summed E-state index contributed by atoms with van der Waals surface area (Å²) in [5.41, 5.74) is 2.38. The van der Waals surface area contributed by atoms with E-state index in [1.165, 1.54) is 16.2 Å². The number of rotatable bonds is 8. The number of thioether (sulfide) groups is 1. The third-order valence-electron chi connectivity index (χ3n) is 4.04. The van der Waals surface area contributed by atoms with Gasteiger partial charge in [0.1, 0.15) is 12.4 Å². The number of benzene rings is 2. The zero-order valence-electron chi connectivity index (χ0n) is 16.1. The van der Waals surface area contributed by atoms with Gasteiger partial charge in [-0.3, -0.25) is 10.1 Å². The first-order valence-electron chi connectivity index (χ1n) is 8.84. The van der Waals surface area contributed by atoms with Gasteiger partial charge in [0.2, 0.25) is 0 Å². The van der Waals surface area contributed by atoms with E-state index >= 15 is 0 Å². The fourth-order valence-corrected chi connectivity index (χ4v) is 3.63. The summed E-state index contributed by atoms with van der Waals surface area (Å²) < 4.78 is 5.78. The smallest absolute Gasteiger partial charge is 0.261 e. The number of nitrogens with zero attached hydrogens (tertiary/aromatic N) is 2. The van der Waals surface area contributed by atoms with Crippen molar-refractivity contribution < 1.29 is 9.53 Å². The van der Waals surface area contributed by atoms with Crippen LogP contribution in [-0.4, -0.2) is 49.3 Å². The van der Waals surface area contributed by atoms with E-state index in [4.69, 9.17) is 4.74 Å². The molecule has 146 valence electrons. The predicted molar refractivity (Wildman–Crippen MR) is 118 cm³/mol. The Kier molecular flexibility index (Phi) is 7.08. The van der Waals surface area contributed by atoms with Gasteiger partial charge in [0.15, 0.2) is 5.13 Å². The van der Waals surface area contributed by atoms with E-state index < -0.39 is 0 Å². The summed E-state index contributed by atoms with van der Waals surface area (Å²) in [6, 6.07) is 15.5. The minimum Gasteiger partial charge on any atom is -0.491 e. The Labute approximate surface area is 173 Å². The molecule has 3 aromatic rings. The molecular formula is C21H23N3O2S2. The number of anilines is 1. The van der Waals surface area contributed by atoms with Crippen molar-refractivity contribution in [2.45, 2.75) is 4.90 Å². The maximum absolute atomic E-state index is 12.7. The van der Waals surface area contributed by atoms with Crippen LogP contribution in [0.15, 0.2) is 58.8 Å². The molecule has 0 aliphatic carbocycles. The molecule has 3 rings (SSSR count). The van der Waals surface area contributed by atoms with Crippen LogP contribution in [0.2, 0.25) is 0 Å². The van der Waals surface area contributed by atoms with E-state index in [1.807, 2.05) is 61.0 Å². The molecule has 0 saturated heterocycles. The number of aromatic nitrogens is 1. The minimum absolute atomic E-state index is 0.223. The Morgan fingerprint density at radius 3 is 2.64 bits per heavy atom. The first-order chi connectivity index (χ1) is 13.6. The number of thiazole rings is 1. The third-order valence-corrected chi connectivity index (χ3v) is 5.54. The van der Waals surface area contributed by atoms with Gasteiger partial charge in [-0.2, -0.15) is 0 Å². The normalized spacial score (nSPS) is 10.9. The molecule has 0 bridgehead atoms. The van der Waals surface area contributed by atoms with Crippen molar-refractivity contribution in [1.82, 2.24) is 9.88 Å². The molecule has 1 aromatic heterocycles. The number of carbonyl (C=O) groups is 1. The Bertz CT molecular complexity index is 923. The van der Waals surface area contributed by atoms with E-state index in [0.29, 0.717) is 23.1 Å². The number of para-hydroxylation sites is 1. The lowest BCUT2D eigenvalue weighted by Gasteiger charge is -2.13. The SMILES string of the molecule is CSc1ccc(-c2csc(NC(=O)c3ccccc3OCCN(C)C)n2)cc1. The Balaban J connectivity index is 1.69. The molecular weight excluding hydrogens is 390 g/mol. The van der Waals surface area contributed by atoms with Crippen LogP contribution in [0, 0.1) is 0 Å². The fraction of sp³-hybridized carbons (Fsp3) is 0.238. The van der Waals surface area contributed by atoms with Gasteiger partial charge in [-0.15, -0.1) is 23.1 Å². The lowest BCUT2D eigenvalue weighted by molar-refractivity contribution is 0.102. The molecule has 1 amide bonds. The summed E-state index contributed by atoms with van der Waals surface area (Å²) in [6.45, 7) is 1.30. The van der Waals surface area contributed by atoms with E-state index in [1.54, 1.807) is 17.8 Å². The van der Waals surface area contributed by atoms with Gasteiger partial charge >= 0.3 is 0 Å². The van der Waals surface area contributed by atoms with Crippen molar-refractivity contribution in [2.75, 3.05) is 38.8 Å². The van der Waals surface area contributed by atoms with Crippen LogP contribution in [0.1, 0.15) is 10.4 Å². The Hall–Kier alpha value is -2.35. The van der Waals surface area contributed by atoms with E-state index in [0.717, 1.165) is 17.8 Å². The molecule has 7 heteroatoms. The molecule has 0 saturated carbocycles. The number of likely N-dealkylation sites (N-methyl/N-ethyl adjacent to an activating group) is 1. The summed E-state index contributed by atoms with van der Waals surface area (Å²) in [5, 5.41) is 5.40. The maximum Gasteiger partial charge on any atom is 0.261 e. The molecule has 0 fully saturated rings. The summed E-state index contributed by atoms with van der Waals surface area (Å²) in [5.74, 6) is 0.352. The average Bonchev–Trinajstić information content (AvgIpc) is 3.16. The summed E-state index contributed by atoms with van der Waals surface area (Å²) >= 11 is 3.11. The molecule has 2 aromatic carbocycles. The number of hydrogen-bond acceptors (Lipinski definition) is 6. The predicted octanol–water partition coefficient (Wildman–Crippen LogP) is 4.72. The number of carbonyl (C=O) groups excluding carboxylic acids is 1. The van der Waals surface area contributed by atoms with Crippen LogP contribution in [0.3, 0.4) is 0 Å². The Morgan fingerprint density at radius 1 is 1.18 bits per heavy atom. The monoisotopic (exact) mass is 413 g/mol. The first-order valence-corrected chi connectivity index (χ1v) is 10.9. The fourth-order valence-electron chi connectivity index (χ4n) is 2.51. The van der Waals surface area contributed by atoms with Crippen LogP contribution in [0.4, 0.5) is 5.13 Å². The topological polar surface area (TPSA) is 54.5 Å². The lowest BCUT2D eigenvalue weighted by atomic mass is 10.2. The number of hydrogen-bond donors (Lipinski definition) is 1. The number of amides is 1. The van der Waals surface area contributed by atoms with Gasteiger partial charge in [-0.05, 0) is 44.6 Å². The number of ether oxygens (including phenoxy) is 1. The molecule has 0 spiro atoms. The molecule has 5 nitrogen and oxygen atoms in total. The Morgan fingerprint density at radius 2 is 1.93 bits per heavy atom. The largest absolute Gasteiger partial charge is 0.491 e. The van der Waals surface area contributed by atoms with Crippen molar-refractivity contribution in [3.63, 3.8) is 0 Å². The second-order valence-electron chi connectivity index (χ2n) is 6.37. The zero-order valence-corrected chi connectivity index (χ0v) is 17.8. The van der Waals surface area contributed by atoms with Gasteiger partial charge in [0.05, 0.1) is 11.3 Å². The summed E-state index contributed by atoms with van der Waals surface area (Å²) in [4.78, 5) is 20.5. The van der Waals surface area contributed by atoms with Crippen LogP contribution in [-0.2, 0) is 0 Å². The van der Waals surface area contributed by atoms with Crippen molar-refractivity contribution in [1.29, 1.82) is 0 Å². The molecule has 1 N–H and O–H groups in total. The molecule has 0 atom stereocenters. The van der Waals surface area contributed by atoms with Crippen LogP contribution >= 0.6 is 23.1 Å². The first kappa shape index (κ1) is 20.4. The van der Waals surface area contributed by atoms with Crippen LogP contribution in [0.5, 0.6) is 5.75 Å². The van der Waals surface area contributed by atoms with E-state index in [-0.39, 0.29) is 5.91 Å². The van der Waals surface area contributed by atoms with Gasteiger partial charge in [0.25, 0.3) is 5.91 Å². The van der Waals surface area contributed by atoms with E-state index in [9.17, 15) is 4.79 Å². The van der Waals surface area contributed by atoms with Crippen molar-refractivity contribution in [3.05, 3.63) is 59.5 Å². The summed E-state index contributed by atoms with van der Waals surface area (Å²) in [6.07, 6.45) is 2.05. The second-order valence-corrected chi connectivity index (χ2v) is 8.11. The van der Waals surface area contributed by atoms with Crippen LogP contribution in [0.25, 0.3) is 11.3 Å². The standard InChI is InChI=1S/C21H23N3O2S2/c1-24(2)12-13-26-19-7-5-4-6-17(19)20(25)23-21-22-18(14-28-21)15-8-10-16(27-3)11-9-15/h4-11,14H,12-13H2,1-3H3,(H,22,23,25). The van der Waals surface area contributed by atoms with Crippen molar-refractivity contribution in [2.24, 2.45) is 0 Å². The highest BCUT2D eigenvalue weighted by Gasteiger charge is 2.14. The maximum atomic E-state index is 12.7. The third kappa shape index (κ3) is 5.34. The second kappa shape index (κ2) is 9.73. The quantitative estimate of drug-likeness (QED) is 0.541. The van der Waals surface area contributed by atoms with Gasteiger partial charge < -0.3 is 9.64 Å². The highest BCUT2D eigenvalue weighted by Crippen LogP contribution is 2.27. The molecule has 0 unspecified atom stereocenters. The van der Waals surface area contributed by atoms with Crippen LogP contribution < -0.4 is 10.1 Å². The molecule has 0 radical (unpaired) electrons. The van der Waals surface area contributed by atoms with Gasteiger partial charge in [0, 0.05) is 22.4 Å². The molecule has 28 heavy (non-hydrogen) atoms. The summed E-state index contributed by atoms with van der Waals surface area (Å²) in [7, 11) is 3.97. The van der Waals surface area contributed by atoms with Crippen molar-refractivity contribution in [3.8, 4) is 17.0 Å². The number of nitrogens with one attached hydrogen (secondary N) is 1. The van der Waals surface area contributed by atoms with Crippen molar-refractivity contribution >= 4 is 34.1 Å². The van der Waals surface area contributed by atoms with E-state index in [2.05, 4.69) is 22.4 Å². The average molecular weight is 414 g/mol. The highest BCUT2D eigenvalue weighted by molar-refractivity contribution is 7.98. The zero-order chi connectivity index (χ0) is 19.9. The molecule has 1 heterocycles. The van der Waals surface area contributed by atoms with Gasteiger partial charge in [-0.25, -0.2) is 4.98 Å². The molecule has 0 aliphatic heterocycles. The minimum atomic E-state index is -0.223. The lowest BCUT2D eigenvalue weighted by Crippen LogP contribution is -2.20. The molecule has 0 aliphatic rings. The van der Waals surface area contributed by atoms with Gasteiger partial charge in [-0.1, -0.05) is 24.3 Å². The highest BCUT2D eigenvalue weighted by atomic mass is 32.2.